The zero-order valence-electron chi connectivity index (χ0n) is 17.8. The van der Waals surface area contributed by atoms with Gasteiger partial charge >= 0.3 is 17.9 Å². The first-order chi connectivity index (χ1) is 15.3. The maximum Gasteiger partial charge on any atom is 0.308 e. The fourth-order valence-corrected chi connectivity index (χ4v) is 5.29. The minimum atomic E-state index is -1.04. The third kappa shape index (κ3) is 2.43. The van der Waals surface area contributed by atoms with Crippen molar-refractivity contribution in [1.29, 1.82) is 0 Å². The molecule has 32 heavy (non-hydrogen) atoms. The molecule has 0 N–H and O–H groups in total. The number of benzene rings is 3. The summed E-state index contributed by atoms with van der Waals surface area (Å²) < 4.78 is 16.6. The van der Waals surface area contributed by atoms with Gasteiger partial charge in [0.2, 0.25) is 0 Å². The Kier molecular flexibility index (Phi) is 4.24. The second-order valence-corrected chi connectivity index (χ2v) is 7.99. The molecule has 2 aliphatic rings. The van der Waals surface area contributed by atoms with Crippen molar-refractivity contribution in [2.75, 3.05) is 0 Å². The van der Waals surface area contributed by atoms with E-state index in [2.05, 4.69) is 0 Å². The lowest BCUT2D eigenvalue weighted by molar-refractivity contribution is -0.167. The van der Waals surface area contributed by atoms with Crippen molar-refractivity contribution >= 4 is 17.9 Å². The van der Waals surface area contributed by atoms with Crippen LogP contribution in [0.3, 0.4) is 0 Å². The van der Waals surface area contributed by atoms with Crippen LogP contribution >= 0.6 is 0 Å². The van der Waals surface area contributed by atoms with Crippen molar-refractivity contribution in [1.82, 2.24) is 0 Å². The van der Waals surface area contributed by atoms with E-state index in [0.717, 1.165) is 27.8 Å². The number of esters is 3. The topological polar surface area (TPSA) is 78.9 Å². The molecule has 0 aliphatic heterocycles. The van der Waals surface area contributed by atoms with Gasteiger partial charge in [-0.1, -0.05) is 42.5 Å². The Hall–Kier alpha value is -3.93. The van der Waals surface area contributed by atoms with E-state index in [1.54, 1.807) is 24.3 Å². The van der Waals surface area contributed by atoms with Crippen LogP contribution in [0.4, 0.5) is 0 Å². The number of rotatable bonds is 4. The lowest BCUT2D eigenvalue weighted by Crippen LogP contribution is -2.69. The van der Waals surface area contributed by atoms with E-state index in [0.29, 0.717) is 11.5 Å². The van der Waals surface area contributed by atoms with E-state index in [4.69, 9.17) is 14.2 Å². The minimum Gasteiger partial charge on any atom is -0.448 e. The third-order valence-corrected chi connectivity index (χ3v) is 6.12. The summed E-state index contributed by atoms with van der Waals surface area (Å²) in [6.07, 6.45) is 0. The minimum absolute atomic E-state index is 0.394. The number of carbonyl (C=O) groups excluding carboxylic acids is 3. The van der Waals surface area contributed by atoms with Crippen molar-refractivity contribution in [2.24, 2.45) is 0 Å². The van der Waals surface area contributed by atoms with Crippen molar-refractivity contribution in [3.05, 3.63) is 94.5 Å². The van der Waals surface area contributed by atoms with E-state index in [1.165, 1.54) is 20.8 Å². The Balaban J connectivity index is 1.74. The van der Waals surface area contributed by atoms with Gasteiger partial charge in [0, 0.05) is 31.9 Å². The van der Waals surface area contributed by atoms with Crippen LogP contribution in [0.5, 0.6) is 11.5 Å². The van der Waals surface area contributed by atoms with Gasteiger partial charge in [0.1, 0.15) is 11.5 Å². The lowest BCUT2D eigenvalue weighted by atomic mass is 9.37. The highest BCUT2D eigenvalue weighted by molar-refractivity contribution is 5.84. The van der Waals surface area contributed by atoms with Crippen LogP contribution in [0, 0.1) is 0 Å². The largest absolute Gasteiger partial charge is 0.448 e. The SMILES string of the molecule is CC(=O)Oc1ccc([C@]23c4ccccc4[C@@]2(OC(C)=O)c2cc(OC(C)=O)ccc23)cc1. The first-order valence-corrected chi connectivity index (χ1v) is 10.2. The molecule has 6 heteroatoms. The molecular weight excluding hydrogens is 408 g/mol. The number of carbonyl (C=O) groups is 3. The first kappa shape index (κ1) is 20.0. The van der Waals surface area contributed by atoms with Crippen LogP contribution in [0.15, 0.2) is 66.7 Å². The summed E-state index contributed by atoms with van der Waals surface area (Å²) in [7, 11) is 0. The average Bonchev–Trinajstić information content (AvgIpc) is 2.73. The van der Waals surface area contributed by atoms with Gasteiger partial charge in [-0.2, -0.15) is 0 Å². The van der Waals surface area contributed by atoms with E-state index in [9.17, 15) is 14.4 Å². The van der Waals surface area contributed by atoms with E-state index in [1.807, 2.05) is 42.5 Å². The van der Waals surface area contributed by atoms with Crippen LogP contribution in [-0.4, -0.2) is 17.9 Å². The maximum absolute atomic E-state index is 12.3. The molecule has 0 aromatic heterocycles. The van der Waals surface area contributed by atoms with Gasteiger partial charge in [-0.25, -0.2) is 0 Å². The van der Waals surface area contributed by atoms with E-state index in [-0.39, 0.29) is 0 Å². The highest BCUT2D eigenvalue weighted by Crippen LogP contribution is 2.74. The van der Waals surface area contributed by atoms with Crippen molar-refractivity contribution in [3.8, 4) is 11.5 Å². The van der Waals surface area contributed by atoms with Gasteiger partial charge in [-0.3, -0.25) is 14.4 Å². The summed E-state index contributed by atoms with van der Waals surface area (Å²) >= 11 is 0. The van der Waals surface area contributed by atoms with Crippen LogP contribution in [0.2, 0.25) is 0 Å². The van der Waals surface area contributed by atoms with Gasteiger partial charge in [-0.15, -0.1) is 0 Å². The second kappa shape index (κ2) is 6.79. The van der Waals surface area contributed by atoms with Gasteiger partial charge < -0.3 is 14.2 Å². The summed E-state index contributed by atoms with van der Waals surface area (Å²) in [5.74, 6) is -0.402. The molecule has 0 unspecified atom stereocenters. The number of fused-ring (bicyclic) bond motifs is 7. The highest BCUT2D eigenvalue weighted by atomic mass is 16.6. The molecule has 2 aliphatic carbocycles. The Labute approximate surface area is 184 Å². The zero-order valence-corrected chi connectivity index (χ0v) is 17.8. The standard InChI is InChI=1S/C26H20O6/c1-15(27)30-19-10-8-18(9-11-19)25-21-6-4-5-7-23(21)26(25,32-17(3)29)24-14-20(31-16(2)28)12-13-22(24)25/h4-14H,1-3H3/t25-,26-/m1/s1. The lowest BCUT2D eigenvalue weighted by Gasteiger charge is -2.67. The zero-order chi connectivity index (χ0) is 22.7. The van der Waals surface area contributed by atoms with Crippen LogP contribution in [0.1, 0.15) is 48.6 Å². The number of hydrogen-bond donors (Lipinski definition) is 0. The molecule has 0 heterocycles. The van der Waals surface area contributed by atoms with Crippen molar-refractivity contribution in [3.63, 3.8) is 0 Å². The molecule has 3 aromatic carbocycles. The smallest absolute Gasteiger partial charge is 0.308 e. The molecule has 6 nitrogen and oxygen atoms in total. The molecule has 0 fully saturated rings. The molecular formula is C26H20O6. The maximum atomic E-state index is 12.3. The molecule has 3 aromatic rings. The third-order valence-electron chi connectivity index (χ3n) is 6.12. The average molecular weight is 428 g/mol. The van der Waals surface area contributed by atoms with Gasteiger partial charge in [0.15, 0.2) is 5.60 Å². The van der Waals surface area contributed by atoms with Crippen LogP contribution < -0.4 is 9.47 Å². The predicted octanol–water partition coefficient (Wildman–Crippen LogP) is 4.01. The molecule has 0 spiro atoms. The predicted molar refractivity (Wildman–Crippen MR) is 114 cm³/mol. The molecule has 0 saturated carbocycles. The molecule has 5 rings (SSSR count). The van der Waals surface area contributed by atoms with E-state index < -0.39 is 28.9 Å². The molecule has 0 saturated heterocycles. The first-order valence-electron chi connectivity index (χ1n) is 10.2. The Bertz CT molecular complexity index is 1290. The molecule has 0 bridgehead atoms. The fraction of sp³-hybridized carbons (Fsp3) is 0.192. The Morgan fingerprint density at radius 2 is 1.19 bits per heavy atom. The number of ether oxygens (including phenoxy) is 3. The van der Waals surface area contributed by atoms with Crippen LogP contribution in [-0.2, 0) is 30.1 Å². The second-order valence-electron chi connectivity index (χ2n) is 7.99. The normalized spacial score (nSPS) is 21.6. The monoisotopic (exact) mass is 428 g/mol. The molecule has 2 atom stereocenters. The summed E-state index contributed by atoms with van der Waals surface area (Å²) in [6.45, 7) is 4.08. The van der Waals surface area contributed by atoms with Crippen molar-refractivity contribution < 1.29 is 28.6 Å². The highest BCUT2D eigenvalue weighted by Gasteiger charge is 2.76. The molecule has 0 radical (unpaired) electrons. The quantitative estimate of drug-likeness (QED) is 0.462. The van der Waals surface area contributed by atoms with Gasteiger partial charge in [0.25, 0.3) is 0 Å². The van der Waals surface area contributed by atoms with Gasteiger partial charge in [0.05, 0.1) is 5.41 Å². The summed E-state index contributed by atoms with van der Waals surface area (Å²) in [5.41, 5.74) is 2.84. The summed E-state index contributed by atoms with van der Waals surface area (Å²) in [4.78, 5) is 35.1. The fourth-order valence-electron chi connectivity index (χ4n) is 5.29. The Morgan fingerprint density at radius 3 is 1.81 bits per heavy atom. The Morgan fingerprint density at radius 1 is 0.625 bits per heavy atom. The van der Waals surface area contributed by atoms with Crippen molar-refractivity contribution in [2.45, 2.75) is 31.8 Å². The summed E-state index contributed by atoms with van der Waals surface area (Å²) in [6, 6.07) is 20.5. The van der Waals surface area contributed by atoms with Gasteiger partial charge in [-0.05, 0) is 41.0 Å². The molecule has 0 amide bonds. The van der Waals surface area contributed by atoms with E-state index >= 15 is 0 Å². The summed E-state index contributed by atoms with van der Waals surface area (Å²) in [5, 5.41) is 0. The number of hydrogen-bond acceptors (Lipinski definition) is 6. The molecule has 160 valence electrons. The van der Waals surface area contributed by atoms with Crippen LogP contribution in [0.25, 0.3) is 0 Å².